The number of barbiturate groups is 1. The van der Waals surface area contributed by atoms with Crippen LogP contribution in [0.25, 0.3) is 0 Å². The van der Waals surface area contributed by atoms with Crippen molar-refractivity contribution in [3.63, 3.8) is 0 Å². The first kappa shape index (κ1) is 21.9. The Kier molecular flexibility index (Phi) is 6.18. The lowest BCUT2D eigenvalue weighted by Crippen LogP contribution is -2.58. The fourth-order valence-corrected chi connectivity index (χ4v) is 5.16. The van der Waals surface area contributed by atoms with Gasteiger partial charge >= 0.3 is 12.0 Å². The molecule has 1 saturated heterocycles. The molecule has 166 valence electrons. The van der Waals surface area contributed by atoms with Crippen molar-refractivity contribution in [2.45, 2.75) is 39.5 Å². The lowest BCUT2D eigenvalue weighted by atomic mass is 9.95. The van der Waals surface area contributed by atoms with E-state index in [0.717, 1.165) is 46.6 Å². The number of esters is 1. The number of thiophene rings is 1. The number of anilines is 1. The number of nitrogens with one attached hydrogen (secondary N) is 1. The summed E-state index contributed by atoms with van der Waals surface area (Å²) in [5.74, 6) is -3.17. The first-order valence-electron chi connectivity index (χ1n) is 10.5. The molecular weight excluding hydrogens is 430 g/mol. The highest BCUT2D eigenvalue weighted by molar-refractivity contribution is 7.16. The molecule has 2 aromatic rings. The van der Waals surface area contributed by atoms with Gasteiger partial charge in [-0.15, -0.1) is 11.3 Å². The van der Waals surface area contributed by atoms with E-state index in [1.165, 1.54) is 17.6 Å². The minimum absolute atomic E-state index is 0.240. The highest BCUT2D eigenvalue weighted by atomic mass is 32.1. The normalized spacial score (nSPS) is 18.6. The Morgan fingerprint density at radius 3 is 2.81 bits per heavy atom. The molecule has 9 heteroatoms. The Hall–Kier alpha value is -3.33. The van der Waals surface area contributed by atoms with Crippen molar-refractivity contribution in [2.75, 3.05) is 11.5 Å². The molecule has 1 aliphatic carbocycles. The number of nitrogens with zero attached hydrogens (tertiary/aromatic N) is 2. The van der Waals surface area contributed by atoms with Gasteiger partial charge in [-0.05, 0) is 62.8 Å². The molecule has 32 heavy (non-hydrogen) atoms. The molecule has 2 aliphatic rings. The van der Waals surface area contributed by atoms with Crippen LogP contribution in [-0.2, 0) is 27.2 Å². The van der Waals surface area contributed by atoms with Crippen LogP contribution in [0.1, 0.15) is 46.1 Å². The lowest BCUT2D eigenvalue weighted by Gasteiger charge is -2.28. The number of amides is 4. The van der Waals surface area contributed by atoms with E-state index in [0.29, 0.717) is 16.3 Å². The maximum Gasteiger partial charge on any atom is 0.341 e. The maximum absolute atomic E-state index is 13.1. The molecular formula is C23H23N3O5S. The van der Waals surface area contributed by atoms with Crippen molar-refractivity contribution in [3.05, 3.63) is 45.8 Å². The Labute approximate surface area is 189 Å². The molecule has 0 radical (unpaired) electrons. The van der Waals surface area contributed by atoms with E-state index in [9.17, 15) is 19.2 Å². The predicted octanol–water partition coefficient (Wildman–Crippen LogP) is 3.71. The standard InChI is InChI=1S/C23H23N3O5S/c1-3-31-22(29)18-15-9-4-5-10-17(15)32-20(18)24-12-16-19(27)25-23(30)26(21(16)28)14-8-6-7-13(2)11-14/h6-8,11-12,16H,3-5,9-10H2,1-2H3,(H,25,27,30)/t16-/m0/s1. The largest absolute Gasteiger partial charge is 0.462 e. The van der Waals surface area contributed by atoms with Gasteiger partial charge in [-0.2, -0.15) is 0 Å². The number of aliphatic imine (C=N–C) groups is 1. The van der Waals surface area contributed by atoms with Gasteiger partial charge in [0.1, 0.15) is 5.00 Å². The second-order valence-corrected chi connectivity index (χ2v) is 8.76. The second-order valence-electron chi connectivity index (χ2n) is 7.67. The minimum atomic E-state index is -1.29. The number of hydrogen-bond acceptors (Lipinski definition) is 7. The summed E-state index contributed by atoms with van der Waals surface area (Å²) in [7, 11) is 0. The number of benzene rings is 1. The molecule has 1 N–H and O–H groups in total. The summed E-state index contributed by atoms with van der Waals surface area (Å²) in [6, 6.07) is 6.09. The lowest BCUT2D eigenvalue weighted by molar-refractivity contribution is -0.131. The van der Waals surface area contributed by atoms with Gasteiger partial charge in [-0.3, -0.25) is 14.9 Å². The molecule has 4 amide bonds. The Morgan fingerprint density at radius 2 is 2.06 bits per heavy atom. The van der Waals surface area contributed by atoms with Crippen LogP contribution in [0.4, 0.5) is 15.5 Å². The molecule has 1 fully saturated rings. The van der Waals surface area contributed by atoms with Crippen LogP contribution in [0.3, 0.4) is 0 Å². The minimum Gasteiger partial charge on any atom is -0.462 e. The van der Waals surface area contributed by atoms with Crippen molar-refractivity contribution in [1.82, 2.24) is 5.32 Å². The zero-order valence-corrected chi connectivity index (χ0v) is 18.7. The van der Waals surface area contributed by atoms with Crippen molar-refractivity contribution < 1.29 is 23.9 Å². The Morgan fingerprint density at radius 1 is 1.28 bits per heavy atom. The van der Waals surface area contributed by atoms with Crippen LogP contribution < -0.4 is 10.2 Å². The number of aryl methyl sites for hydroxylation is 2. The van der Waals surface area contributed by atoms with Gasteiger partial charge < -0.3 is 4.74 Å². The van der Waals surface area contributed by atoms with Gasteiger partial charge in [0.25, 0.3) is 5.91 Å². The van der Waals surface area contributed by atoms with Gasteiger partial charge in [-0.1, -0.05) is 12.1 Å². The first-order chi connectivity index (χ1) is 15.4. The Balaban J connectivity index is 1.67. The molecule has 1 aliphatic heterocycles. The predicted molar refractivity (Wildman–Crippen MR) is 121 cm³/mol. The summed E-state index contributed by atoms with van der Waals surface area (Å²) in [5.41, 5.74) is 2.60. The number of carbonyl (C=O) groups excluding carboxylic acids is 4. The number of hydrogen-bond donors (Lipinski definition) is 1. The van der Waals surface area contributed by atoms with Crippen molar-refractivity contribution in [3.8, 4) is 0 Å². The zero-order chi connectivity index (χ0) is 22.8. The SMILES string of the molecule is CCOC(=O)c1c(N=C[C@H]2C(=O)NC(=O)N(c3cccc(C)c3)C2=O)sc2c1CCCC2. The van der Waals surface area contributed by atoms with Gasteiger partial charge in [-0.25, -0.2) is 19.5 Å². The van der Waals surface area contributed by atoms with E-state index in [4.69, 9.17) is 4.74 Å². The molecule has 0 unspecified atom stereocenters. The summed E-state index contributed by atoms with van der Waals surface area (Å²) >= 11 is 1.38. The molecule has 0 spiro atoms. The van der Waals surface area contributed by atoms with Crippen LogP contribution in [0.5, 0.6) is 0 Å². The molecule has 4 rings (SSSR count). The summed E-state index contributed by atoms with van der Waals surface area (Å²) in [6.07, 6.45) is 4.87. The van der Waals surface area contributed by atoms with Gasteiger partial charge in [0.2, 0.25) is 5.91 Å². The topological polar surface area (TPSA) is 105 Å². The van der Waals surface area contributed by atoms with Crippen LogP contribution in [0, 0.1) is 12.8 Å². The van der Waals surface area contributed by atoms with Crippen molar-refractivity contribution in [2.24, 2.45) is 10.9 Å². The summed E-state index contributed by atoms with van der Waals surface area (Å²) < 4.78 is 5.22. The van der Waals surface area contributed by atoms with Crippen molar-refractivity contribution in [1.29, 1.82) is 0 Å². The van der Waals surface area contributed by atoms with E-state index in [1.54, 1.807) is 25.1 Å². The molecule has 1 aromatic heterocycles. The zero-order valence-electron chi connectivity index (χ0n) is 17.8. The van der Waals surface area contributed by atoms with E-state index < -0.39 is 29.7 Å². The van der Waals surface area contributed by atoms with E-state index in [-0.39, 0.29) is 6.61 Å². The Bertz CT molecular complexity index is 1140. The van der Waals surface area contributed by atoms with E-state index >= 15 is 0 Å². The summed E-state index contributed by atoms with van der Waals surface area (Å²) in [6.45, 7) is 3.82. The highest BCUT2D eigenvalue weighted by Gasteiger charge is 2.40. The van der Waals surface area contributed by atoms with Gasteiger partial charge in [0.05, 0.1) is 17.9 Å². The van der Waals surface area contributed by atoms with Crippen LogP contribution in [0.15, 0.2) is 29.3 Å². The smallest absolute Gasteiger partial charge is 0.341 e. The molecule has 1 aromatic carbocycles. The number of fused-ring (bicyclic) bond motifs is 1. The molecule has 0 saturated carbocycles. The number of carbonyl (C=O) groups is 4. The first-order valence-corrected chi connectivity index (χ1v) is 11.3. The summed E-state index contributed by atoms with van der Waals surface area (Å²) in [5, 5.41) is 2.64. The third-order valence-electron chi connectivity index (χ3n) is 5.44. The molecule has 0 bridgehead atoms. The fraction of sp³-hybridized carbons (Fsp3) is 0.348. The number of rotatable bonds is 5. The van der Waals surface area contributed by atoms with E-state index in [1.807, 2.05) is 13.0 Å². The molecule has 1 atom stereocenters. The second kappa shape index (κ2) is 9.04. The van der Waals surface area contributed by atoms with Gasteiger partial charge in [0, 0.05) is 11.1 Å². The van der Waals surface area contributed by atoms with Crippen LogP contribution in [0.2, 0.25) is 0 Å². The van der Waals surface area contributed by atoms with Crippen molar-refractivity contribution >= 4 is 52.1 Å². The third-order valence-corrected chi connectivity index (χ3v) is 6.63. The van der Waals surface area contributed by atoms with E-state index in [2.05, 4.69) is 10.3 Å². The average molecular weight is 454 g/mol. The number of imide groups is 2. The summed E-state index contributed by atoms with van der Waals surface area (Å²) in [4.78, 5) is 56.9. The van der Waals surface area contributed by atoms with Crippen LogP contribution in [-0.4, -0.2) is 36.6 Å². The molecule has 8 nitrogen and oxygen atoms in total. The quantitative estimate of drug-likeness (QED) is 0.422. The number of ether oxygens (including phenoxy) is 1. The highest BCUT2D eigenvalue weighted by Crippen LogP contribution is 2.40. The number of urea groups is 1. The van der Waals surface area contributed by atoms with Gasteiger partial charge in [0.15, 0.2) is 5.92 Å². The van der Waals surface area contributed by atoms with Crippen LogP contribution >= 0.6 is 11.3 Å². The average Bonchev–Trinajstić information content (AvgIpc) is 3.12. The monoisotopic (exact) mass is 453 g/mol. The fourth-order valence-electron chi connectivity index (χ4n) is 3.93. The molecule has 2 heterocycles. The maximum atomic E-state index is 13.1. The third kappa shape index (κ3) is 4.08.